The lowest BCUT2D eigenvalue weighted by molar-refractivity contribution is 0.0702. The molecule has 0 atom stereocenters. The third-order valence-corrected chi connectivity index (χ3v) is 6.07. The summed E-state index contributed by atoms with van der Waals surface area (Å²) < 4.78 is 26.8. The van der Waals surface area contributed by atoms with Gasteiger partial charge in [0.2, 0.25) is 0 Å². The van der Waals surface area contributed by atoms with E-state index in [1.54, 1.807) is 0 Å². The molecule has 0 radical (unpaired) electrons. The number of nitrogens with one attached hydrogen (secondary N) is 1. The van der Waals surface area contributed by atoms with E-state index < -0.39 is 16.0 Å². The molecule has 0 aromatic carbocycles. The number of aromatic carboxylic acids is 1. The van der Waals surface area contributed by atoms with E-state index in [9.17, 15) is 13.2 Å². The molecule has 6 nitrogen and oxygen atoms in total. The van der Waals surface area contributed by atoms with Crippen LogP contribution in [0.1, 0.15) is 9.67 Å². The molecule has 106 valence electrons. The largest absolute Gasteiger partial charge is 0.477 e. The van der Waals surface area contributed by atoms with Crippen LogP contribution in [0.4, 0.5) is 5.69 Å². The Hall–Kier alpha value is -1.16. The summed E-state index contributed by atoms with van der Waals surface area (Å²) >= 11 is 9.63. The van der Waals surface area contributed by atoms with Gasteiger partial charge in [-0.1, -0.05) is 11.6 Å². The second-order valence-electron chi connectivity index (χ2n) is 3.50. The predicted octanol–water partition coefficient (Wildman–Crippen LogP) is 3.06. The fourth-order valence-electron chi connectivity index (χ4n) is 1.30. The maximum Gasteiger partial charge on any atom is 0.345 e. The zero-order valence-electron chi connectivity index (χ0n) is 9.50. The van der Waals surface area contributed by atoms with Gasteiger partial charge in [0.25, 0.3) is 10.0 Å². The summed E-state index contributed by atoms with van der Waals surface area (Å²) in [6.07, 6.45) is 1.42. The Kier molecular flexibility index (Phi) is 4.33. The molecule has 0 amide bonds. The highest BCUT2D eigenvalue weighted by atomic mass is 79.9. The molecule has 0 aliphatic heterocycles. The highest BCUT2D eigenvalue weighted by molar-refractivity contribution is 9.11. The SMILES string of the molecule is O=C(O)c1cc(S(=O)(=O)Nc2cccnc2Cl)c(Br)s1. The van der Waals surface area contributed by atoms with E-state index in [2.05, 4.69) is 25.6 Å². The van der Waals surface area contributed by atoms with Gasteiger partial charge in [-0.05, 0) is 34.1 Å². The smallest absolute Gasteiger partial charge is 0.345 e. The number of aromatic nitrogens is 1. The molecule has 0 spiro atoms. The van der Waals surface area contributed by atoms with Crippen LogP contribution in [0.25, 0.3) is 0 Å². The van der Waals surface area contributed by atoms with E-state index in [0.29, 0.717) is 0 Å². The van der Waals surface area contributed by atoms with Crippen molar-refractivity contribution in [3.05, 3.63) is 38.2 Å². The van der Waals surface area contributed by atoms with Crippen molar-refractivity contribution >= 4 is 60.5 Å². The van der Waals surface area contributed by atoms with Gasteiger partial charge in [0.15, 0.2) is 5.15 Å². The fourth-order valence-corrected chi connectivity index (χ4v) is 5.00. The summed E-state index contributed by atoms with van der Waals surface area (Å²) in [7, 11) is -3.95. The Morgan fingerprint density at radius 2 is 2.20 bits per heavy atom. The first-order valence-electron chi connectivity index (χ1n) is 4.97. The van der Waals surface area contributed by atoms with Crippen LogP contribution < -0.4 is 4.72 Å². The summed E-state index contributed by atoms with van der Waals surface area (Å²) in [6.45, 7) is 0. The van der Waals surface area contributed by atoms with Crippen molar-refractivity contribution in [1.29, 1.82) is 0 Å². The Bertz CT molecular complexity index is 775. The number of rotatable bonds is 4. The number of sulfonamides is 1. The van der Waals surface area contributed by atoms with Crippen LogP contribution in [0.3, 0.4) is 0 Å². The number of hydrogen-bond acceptors (Lipinski definition) is 5. The second kappa shape index (κ2) is 5.68. The lowest BCUT2D eigenvalue weighted by Crippen LogP contribution is -2.13. The molecule has 2 N–H and O–H groups in total. The number of carbonyl (C=O) groups is 1. The summed E-state index contributed by atoms with van der Waals surface area (Å²) in [5.74, 6) is -1.20. The zero-order chi connectivity index (χ0) is 14.9. The highest BCUT2D eigenvalue weighted by Gasteiger charge is 2.24. The molecule has 0 bridgehead atoms. The average molecular weight is 398 g/mol. The van der Waals surface area contributed by atoms with E-state index in [4.69, 9.17) is 16.7 Å². The molecule has 0 saturated carbocycles. The predicted molar refractivity (Wildman–Crippen MR) is 79.0 cm³/mol. The minimum atomic E-state index is -3.95. The number of anilines is 1. The number of thiophene rings is 1. The Morgan fingerprint density at radius 1 is 1.50 bits per heavy atom. The van der Waals surface area contributed by atoms with E-state index in [0.717, 1.165) is 17.4 Å². The van der Waals surface area contributed by atoms with Crippen molar-refractivity contribution in [3.63, 3.8) is 0 Å². The number of nitrogens with zero attached hydrogens (tertiary/aromatic N) is 1. The summed E-state index contributed by atoms with van der Waals surface area (Å²) in [5.41, 5.74) is 0.115. The lowest BCUT2D eigenvalue weighted by atomic mass is 10.4. The lowest BCUT2D eigenvalue weighted by Gasteiger charge is -2.07. The molecule has 2 aromatic rings. The van der Waals surface area contributed by atoms with E-state index in [1.807, 2.05) is 0 Å². The first-order chi connectivity index (χ1) is 9.31. The highest BCUT2D eigenvalue weighted by Crippen LogP contribution is 2.33. The summed E-state index contributed by atoms with van der Waals surface area (Å²) in [5, 5.41) is 8.87. The maximum atomic E-state index is 12.2. The Morgan fingerprint density at radius 3 is 2.75 bits per heavy atom. The van der Waals surface area contributed by atoms with Gasteiger partial charge < -0.3 is 5.11 Å². The molecule has 2 aromatic heterocycles. The van der Waals surface area contributed by atoms with E-state index in [1.165, 1.54) is 18.3 Å². The van der Waals surface area contributed by atoms with Crippen molar-refractivity contribution in [1.82, 2.24) is 4.98 Å². The standard InChI is InChI=1S/C10H6BrClN2O4S2/c11-8-7(4-6(19-8)10(15)16)20(17,18)14-5-2-1-3-13-9(5)12/h1-4,14H,(H,15,16). The van der Waals surface area contributed by atoms with Crippen LogP contribution in [0, 0.1) is 0 Å². The van der Waals surface area contributed by atoms with Crippen molar-refractivity contribution < 1.29 is 18.3 Å². The number of carboxylic acid groups (broad SMARTS) is 1. The van der Waals surface area contributed by atoms with Crippen LogP contribution >= 0.6 is 38.9 Å². The van der Waals surface area contributed by atoms with Gasteiger partial charge in [0, 0.05) is 6.20 Å². The Balaban J connectivity index is 2.41. The molecule has 2 heterocycles. The molecule has 0 aliphatic carbocycles. The van der Waals surface area contributed by atoms with Crippen molar-refractivity contribution in [3.8, 4) is 0 Å². The zero-order valence-corrected chi connectivity index (χ0v) is 13.5. The van der Waals surface area contributed by atoms with Crippen molar-refractivity contribution in [2.24, 2.45) is 0 Å². The molecule has 20 heavy (non-hydrogen) atoms. The molecule has 0 saturated heterocycles. The topological polar surface area (TPSA) is 96.4 Å². The van der Waals surface area contributed by atoms with Crippen LogP contribution in [-0.4, -0.2) is 24.5 Å². The van der Waals surface area contributed by atoms with E-state index >= 15 is 0 Å². The van der Waals surface area contributed by atoms with Crippen LogP contribution in [0.2, 0.25) is 5.15 Å². The van der Waals surface area contributed by atoms with Gasteiger partial charge in [0.05, 0.1) is 9.47 Å². The minimum Gasteiger partial charge on any atom is -0.477 e. The minimum absolute atomic E-state index is 0.000820. The number of carboxylic acids is 1. The van der Waals surface area contributed by atoms with Gasteiger partial charge in [0.1, 0.15) is 9.77 Å². The quantitative estimate of drug-likeness (QED) is 0.773. The first kappa shape index (κ1) is 15.2. The third-order valence-electron chi connectivity index (χ3n) is 2.16. The summed E-state index contributed by atoms with van der Waals surface area (Å²) in [4.78, 5) is 14.3. The summed E-state index contributed by atoms with van der Waals surface area (Å²) in [6, 6.07) is 4.05. The maximum absolute atomic E-state index is 12.2. The van der Waals surface area contributed by atoms with Crippen molar-refractivity contribution in [2.45, 2.75) is 4.90 Å². The molecule has 0 aliphatic rings. The normalized spacial score (nSPS) is 11.3. The molecule has 10 heteroatoms. The van der Waals surface area contributed by atoms with Gasteiger partial charge in [-0.25, -0.2) is 18.2 Å². The molecule has 0 fully saturated rings. The van der Waals surface area contributed by atoms with Crippen LogP contribution in [0.15, 0.2) is 33.1 Å². The monoisotopic (exact) mass is 396 g/mol. The third kappa shape index (κ3) is 3.11. The molecule has 0 unspecified atom stereocenters. The van der Waals surface area contributed by atoms with Crippen LogP contribution in [0.5, 0.6) is 0 Å². The first-order valence-corrected chi connectivity index (χ1v) is 8.44. The fraction of sp³-hybridized carbons (Fsp3) is 0. The van der Waals surface area contributed by atoms with Gasteiger partial charge in [-0.2, -0.15) is 0 Å². The molecule has 2 rings (SSSR count). The van der Waals surface area contributed by atoms with Gasteiger partial charge in [-0.15, -0.1) is 11.3 Å². The van der Waals surface area contributed by atoms with Gasteiger partial charge >= 0.3 is 5.97 Å². The molecular formula is C10H6BrClN2O4S2. The average Bonchev–Trinajstić information content (AvgIpc) is 2.75. The second-order valence-corrected chi connectivity index (χ2v) is 7.88. The van der Waals surface area contributed by atoms with Gasteiger partial charge in [-0.3, -0.25) is 4.72 Å². The number of hydrogen-bond donors (Lipinski definition) is 2. The number of halogens is 2. The number of pyridine rings is 1. The molecular weight excluding hydrogens is 392 g/mol. The van der Waals surface area contributed by atoms with Crippen LogP contribution in [-0.2, 0) is 10.0 Å². The van der Waals surface area contributed by atoms with Crippen molar-refractivity contribution in [2.75, 3.05) is 4.72 Å². The van der Waals surface area contributed by atoms with E-state index in [-0.39, 0.29) is 24.4 Å². The Labute approximate surface area is 131 Å².